The van der Waals surface area contributed by atoms with Crippen molar-refractivity contribution >= 4 is 12.6 Å². The van der Waals surface area contributed by atoms with Gasteiger partial charge in [-0.2, -0.15) is 15.0 Å². The summed E-state index contributed by atoms with van der Waals surface area (Å²) < 4.78 is 42.1. The SMILES string of the molecule is F[B-](F)(F)c1cnn(C2CCCCO2)n1.[K+]. The number of hydrogen-bond acceptors (Lipinski definition) is 3. The Hall–Kier alpha value is 0.591. The molecule has 1 fully saturated rings. The molecule has 9 heteroatoms. The molecule has 1 unspecified atom stereocenters. The first-order valence-corrected chi connectivity index (χ1v) is 4.80. The van der Waals surface area contributed by atoms with E-state index >= 15 is 0 Å². The predicted octanol–water partition coefficient (Wildman–Crippen LogP) is -1.96. The minimum atomic E-state index is -5.06. The second-order valence-corrected chi connectivity index (χ2v) is 3.49. The third-order valence-electron chi connectivity index (χ3n) is 2.27. The number of hydrogen-bond donors (Lipinski definition) is 0. The molecule has 4 nitrogen and oxygen atoms in total. The molecule has 0 radical (unpaired) electrons. The Morgan fingerprint density at radius 2 is 2.12 bits per heavy atom. The summed E-state index contributed by atoms with van der Waals surface area (Å²) in [5.74, 6) is 0. The maximum Gasteiger partial charge on any atom is 1.00 e. The zero-order valence-corrected chi connectivity index (χ0v) is 12.1. The van der Waals surface area contributed by atoms with Crippen LogP contribution >= 0.6 is 0 Å². The van der Waals surface area contributed by atoms with Gasteiger partial charge in [-0.05, 0) is 19.3 Å². The molecule has 0 aromatic carbocycles. The first-order valence-electron chi connectivity index (χ1n) is 4.80. The van der Waals surface area contributed by atoms with Crippen molar-refractivity contribution in [3.8, 4) is 0 Å². The van der Waals surface area contributed by atoms with Crippen LogP contribution in [-0.2, 0) is 4.74 Å². The number of aromatic nitrogens is 3. The first-order chi connectivity index (χ1) is 7.07. The Labute approximate surface area is 133 Å². The zero-order chi connectivity index (χ0) is 10.9. The summed E-state index contributed by atoms with van der Waals surface area (Å²) in [7, 11) is 0. The van der Waals surface area contributed by atoms with Crippen molar-refractivity contribution in [2.45, 2.75) is 25.5 Å². The summed E-state index contributed by atoms with van der Waals surface area (Å²) in [6.07, 6.45) is 2.84. The summed E-state index contributed by atoms with van der Waals surface area (Å²) in [5, 5.41) is 6.97. The van der Waals surface area contributed by atoms with E-state index in [2.05, 4.69) is 10.2 Å². The van der Waals surface area contributed by atoms with Gasteiger partial charge in [-0.1, -0.05) is 0 Å². The van der Waals surface area contributed by atoms with Gasteiger partial charge in [0.15, 0.2) is 6.23 Å². The molecule has 0 amide bonds. The van der Waals surface area contributed by atoms with Crippen molar-refractivity contribution in [3.05, 3.63) is 6.20 Å². The summed E-state index contributed by atoms with van der Waals surface area (Å²) in [4.78, 5) is 1.02. The van der Waals surface area contributed by atoms with Crippen LogP contribution in [0.25, 0.3) is 0 Å². The number of ether oxygens (including phenoxy) is 1. The van der Waals surface area contributed by atoms with E-state index < -0.39 is 18.8 Å². The predicted molar refractivity (Wildman–Crippen MR) is 47.6 cm³/mol. The fourth-order valence-corrected chi connectivity index (χ4v) is 1.48. The van der Waals surface area contributed by atoms with E-state index in [1.807, 2.05) is 0 Å². The average molecular weight is 259 g/mol. The van der Waals surface area contributed by atoms with Gasteiger partial charge in [0.05, 0.1) is 0 Å². The van der Waals surface area contributed by atoms with Crippen molar-refractivity contribution in [2.75, 3.05) is 6.61 Å². The number of halogens is 3. The van der Waals surface area contributed by atoms with E-state index in [-0.39, 0.29) is 51.4 Å². The molecule has 16 heavy (non-hydrogen) atoms. The van der Waals surface area contributed by atoms with Crippen molar-refractivity contribution < 1.29 is 69.1 Å². The third kappa shape index (κ3) is 3.54. The third-order valence-corrected chi connectivity index (χ3v) is 2.27. The van der Waals surface area contributed by atoms with Crippen LogP contribution in [0.15, 0.2) is 6.20 Å². The van der Waals surface area contributed by atoms with E-state index in [1.165, 1.54) is 0 Å². The minimum absolute atomic E-state index is 0. The smallest absolute Gasteiger partial charge is 0.444 e. The van der Waals surface area contributed by atoms with E-state index in [4.69, 9.17) is 4.74 Å². The second-order valence-electron chi connectivity index (χ2n) is 3.49. The van der Waals surface area contributed by atoms with Gasteiger partial charge < -0.3 is 17.7 Å². The molecule has 0 bridgehead atoms. The summed E-state index contributed by atoms with van der Waals surface area (Å²) in [5.41, 5.74) is -0.913. The maximum atomic E-state index is 12.3. The van der Waals surface area contributed by atoms with Gasteiger partial charge in [0.25, 0.3) is 0 Å². The Morgan fingerprint density at radius 3 is 2.62 bits per heavy atom. The van der Waals surface area contributed by atoms with Gasteiger partial charge in [-0.3, -0.25) is 0 Å². The van der Waals surface area contributed by atoms with E-state index in [1.54, 1.807) is 0 Å². The van der Waals surface area contributed by atoms with E-state index in [9.17, 15) is 12.9 Å². The van der Waals surface area contributed by atoms with Crippen molar-refractivity contribution in [3.63, 3.8) is 0 Å². The fraction of sp³-hybridized carbons (Fsp3) is 0.714. The van der Waals surface area contributed by atoms with Gasteiger partial charge in [0.1, 0.15) is 0 Å². The van der Waals surface area contributed by atoms with Crippen LogP contribution in [0, 0.1) is 0 Å². The molecule has 1 saturated heterocycles. The quantitative estimate of drug-likeness (QED) is 0.579. The topological polar surface area (TPSA) is 39.9 Å². The summed E-state index contributed by atoms with van der Waals surface area (Å²) >= 11 is 0. The summed E-state index contributed by atoms with van der Waals surface area (Å²) in [6.45, 7) is -4.51. The molecule has 0 N–H and O–H groups in total. The van der Waals surface area contributed by atoms with Crippen molar-refractivity contribution in [1.29, 1.82) is 0 Å². The van der Waals surface area contributed by atoms with Crippen LogP contribution in [0.2, 0.25) is 0 Å². The van der Waals surface area contributed by atoms with Crippen LogP contribution in [0.1, 0.15) is 25.5 Å². The van der Waals surface area contributed by atoms with E-state index in [0.717, 1.165) is 23.8 Å². The summed E-state index contributed by atoms with van der Waals surface area (Å²) in [6, 6.07) is 0. The molecule has 84 valence electrons. The molecule has 2 rings (SSSR count). The molecule has 0 aliphatic carbocycles. The van der Waals surface area contributed by atoms with Crippen LogP contribution in [0.3, 0.4) is 0 Å². The largest absolute Gasteiger partial charge is 1.00 e. The molecular formula is C7H10BF3KN3O. The first kappa shape index (κ1) is 14.7. The number of nitrogens with zero attached hydrogens (tertiary/aromatic N) is 3. The normalized spacial score (nSPS) is 21.6. The zero-order valence-electron chi connectivity index (χ0n) is 8.94. The van der Waals surface area contributed by atoms with Gasteiger partial charge in [-0.15, -0.1) is 0 Å². The Kier molecular flexibility index (Phi) is 5.46. The van der Waals surface area contributed by atoms with Crippen molar-refractivity contribution in [2.24, 2.45) is 0 Å². The second kappa shape index (κ2) is 5.96. The molecule has 1 aromatic heterocycles. The molecule has 1 aromatic rings. The average Bonchev–Trinajstić information content (AvgIpc) is 2.67. The molecule has 0 spiro atoms. The molecular weight excluding hydrogens is 249 g/mol. The molecule has 1 aliphatic rings. The number of rotatable bonds is 2. The van der Waals surface area contributed by atoms with Crippen LogP contribution < -0.4 is 57.0 Å². The van der Waals surface area contributed by atoms with Gasteiger partial charge in [0.2, 0.25) is 0 Å². The Bertz CT molecular complexity index is 340. The van der Waals surface area contributed by atoms with E-state index in [0.29, 0.717) is 13.0 Å². The molecule has 2 heterocycles. The van der Waals surface area contributed by atoms with Crippen LogP contribution in [0.4, 0.5) is 12.9 Å². The van der Waals surface area contributed by atoms with Crippen LogP contribution in [-0.4, -0.2) is 28.6 Å². The van der Waals surface area contributed by atoms with Gasteiger partial charge in [0, 0.05) is 18.4 Å². The van der Waals surface area contributed by atoms with Crippen LogP contribution in [0.5, 0.6) is 0 Å². The van der Waals surface area contributed by atoms with Gasteiger partial charge >= 0.3 is 58.4 Å². The van der Waals surface area contributed by atoms with Gasteiger partial charge in [-0.25, -0.2) is 0 Å². The fourth-order valence-electron chi connectivity index (χ4n) is 1.48. The molecule has 0 saturated carbocycles. The molecule has 1 atom stereocenters. The maximum absolute atomic E-state index is 12.3. The Morgan fingerprint density at radius 1 is 1.38 bits per heavy atom. The molecule has 1 aliphatic heterocycles. The van der Waals surface area contributed by atoms with Crippen molar-refractivity contribution in [1.82, 2.24) is 15.0 Å². The Balaban J connectivity index is 0.00000128. The standard InChI is InChI=1S/C7H10BF3N3O.K/c9-8(10,11)6-5-12-14(13-6)7-3-1-2-4-15-7;/h5,7H,1-4H2;/q-1;+1. The minimum Gasteiger partial charge on any atom is -0.444 e. The monoisotopic (exact) mass is 259 g/mol.